The van der Waals surface area contributed by atoms with Crippen LogP contribution in [0.5, 0.6) is 0 Å². The molecule has 20 heavy (non-hydrogen) atoms. The molecule has 0 saturated carbocycles. The van der Waals surface area contributed by atoms with Gasteiger partial charge in [-0.3, -0.25) is 0 Å². The maximum absolute atomic E-state index is 6.25. The molecule has 0 amide bonds. The number of benzene rings is 2. The van der Waals surface area contributed by atoms with Gasteiger partial charge in [0.1, 0.15) is 0 Å². The van der Waals surface area contributed by atoms with Gasteiger partial charge in [0.15, 0.2) is 0 Å². The molecule has 106 valence electrons. The fraction of sp³-hybridized carbons (Fsp3) is 0.250. The van der Waals surface area contributed by atoms with Gasteiger partial charge in [-0.2, -0.15) is 0 Å². The quantitative estimate of drug-likeness (QED) is 0.719. The highest BCUT2D eigenvalue weighted by atomic mass is 35.5. The Morgan fingerprint density at radius 3 is 2.30 bits per heavy atom. The largest absolute Gasteiger partial charge is 0.304 e. The fourth-order valence-corrected chi connectivity index (χ4v) is 2.86. The number of hydrogen-bond donors (Lipinski definition) is 1. The van der Waals surface area contributed by atoms with Gasteiger partial charge < -0.3 is 5.32 Å². The van der Waals surface area contributed by atoms with Crippen LogP contribution in [-0.4, -0.2) is 0 Å². The van der Waals surface area contributed by atoms with Gasteiger partial charge in [-0.05, 0) is 43.2 Å². The van der Waals surface area contributed by atoms with Crippen molar-refractivity contribution in [1.29, 1.82) is 0 Å². The van der Waals surface area contributed by atoms with Crippen molar-refractivity contribution in [2.24, 2.45) is 0 Å². The van der Waals surface area contributed by atoms with E-state index in [2.05, 4.69) is 25.2 Å². The van der Waals surface area contributed by atoms with Crippen LogP contribution in [0.25, 0.3) is 0 Å². The Bertz CT molecular complexity index is 598. The van der Waals surface area contributed by atoms with E-state index in [4.69, 9.17) is 34.8 Å². The molecular formula is C16H16Cl3N. The monoisotopic (exact) mass is 327 g/mol. The topological polar surface area (TPSA) is 12.0 Å². The Morgan fingerprint density at radius 1 is 0.900 bits per heavy atom. The van der Waals surface area contributed by atoms with Crippen LogP contribution in [0.3, 0.4) is 0 Å². The second-order valence-corrected chi connectivity index (χ2v) is 6.03. The summed E-state index contributed by atoms with van der Waals surface area (Å²) in [4.78, 5) is 0. The molecule has 2 rings (SSSR count). The molecule has 0 aromatic heterocycles. The first-order valence-corrected chi connectivity index (χ1v) is 7.58. The third-order valence-electron chi connectivity index (χ3n) is 3.30. The van der Waals surface area contributed by atoms with Gasteiger partial charge in [0.2, 0.25) is 0 Å². The molecule has 2 aromatic rings. The first-order valence-electron chi connectivity index (χ1n) is 6.44. The lowest BCUT2D eigenvalue weighted by molar-refractivity contribution is 0.495. The van der Waals surface area contributed by atoms with Crippen LogP contribution in [0.4, 0.5) is 0 Å². The molecule has 2 aromatic carbocycles. The lowest BCUT2D eigenvalue weighted by Crippen LogP contribution is -2.22. The van der Waals surface area contributed by atoms with Crippen LogP contribution >= 0.6 is 34.8 Å². The van der Waals surface area contributed by atoms with Crippen molar-refractivity contribution in [3.8, 4) is 0 Å². The van der Waals surface area contributed by atoms with Crippen LogP contribution < -0.4 is 5.32 Å². The van der Waals surface area contributed by atoms with Crippen molar-refractivity contribution in [1.82, 2.24) is 5.32 Å². The average molecular weight is 329 g/mol. The van der Waals surface area contributed by atoms with E-state index in [1.54, 1.807) is 6.07 Å². The molecule has 2 unspecified atom stereocenters. The molecule has 2 atom stereocenters. The summed E-state index contributed by atoms with van der Waals surface area (Å²) in [6, 6.07) is 13.8. The maximum Gasteiger partial charge on any atom is 0.0639 e. The highest BCUT2D eigenvalue weighted by Crippen LogP contribution is 2.31. The Labute approximate surface area is 134 Å². The van der Waals surface area contributed by atoms with Crippen molar-refractivity contribution in [2.45, 2.75) is 25.9 Å². The molecule has 0 aliphatic heterocycles. The zero-order valence-electron chi connectivity index (χ0n) is 11.3. The van der Waals surface area contributed by atoms with E-state index < -0.39 is 0 Å². The van der Waals surface area contributed by atoms with Gasteiger partial charge in [-0.25, -0.2) is 0 Å². The predicted octanol–water partition coefficient (Wildman–Crippen LogP) is 6.06. The van der Waals surface area contributed by atoms with Crippen molar-refractivity contribution >= 4 is 34.8 Å². The second kappa shape index (κ2) is 6.82. The summed E-state index contributed by atoms with van der Waals surface area (Å²) in [5.41, 5.74) is 2.13. The highest BCUT2D eigenvalue weighted by molar-refractivity contribution is 6.42. The van der Waals surface area contributed by atoms with Crippen molar-refractivity contribution in [2.75, 3.05) is 0 Å². The standard InChI is InChI=1S/C16H16Cl3N/c1-10(12-5-3-6-13(17)9-12)20-11(2)14-7-4-8-15(18)16(14)19/h3-11,20H,1-2H3. The average Bonchev–Trinajstić information content (AvgIpc) is 2.41. The zero-order chi connectivity index (χ0) is 14.7. The number of rotatable bonds is 4. The van der Waals surface area contributed by atoms with E-state index >= 15 is 0 Å². The highest BCUT2D eigenvalue weighted by Gasteiger charge is 2.15. The SMILES string of the molecule is CC(NC(C)c1cccc(Cl)c1Cl)c1cccc(Cl)c1. The van der Waals surface area contributed by atoms with E-state index in [0.717, 1.165) is 16.1 Å². The van der Waals surface area contributed by atoms with Crippen molar-refractivity contribution in [3.63, 3.8) is 0 Å². The lowest BCUT2D eigenvalue weighted by Gasteiger charge is -2.22. The van der Waals surface area contributed by atoms with Gasteiger partial charge >= 0.3 is 0 Å². The first kappa shape index (κ1) is 15.7. The van der Waals surface area contributed by atoms with Gasteiger partial charge in [-0.1, -0.05) is 59.1 Å². The molecule has 4 heteroatoms. The number of halogens is 3. The van der Waals surface area contributed by atoms with E-state index in [-0.39, 0.29) is 12.1 Å². The molecule has 0 heterocycles. The molecule has 1 nitrogen and oxygen atoms in total. The molecule has 0 fully saturated rings. The van der Waals surface area contributed by atoms with Gasteiger partial charge in [0.25, 0.3) is 0 Å². The summed E-state index contributed by atoms with van der Waals surface area (Å²) < 4.78 is 0. The van der Waals surface area contributed by atoms with E-state index in [9.17, 15) is 0 Å². The van der Waals surface area contributed by atoms with Crippen molar-refractivity contribution < 1.29 is 0 Å². The smallest absolute Gasteiger partial charge is 0.0639 e. The summed E-state index contributed by atoms with van der Waals surface area (Å²) in [5.74, 6) is 0. The Hall–Kier alpha value is -0.730. The van der Waals surface area contributed by atoms with Gasteiger partial charge in [0, 0.05) is 17.1 Å². The number of nitrogens with one attached hydrogen (secondary N) is 1. The first-order chi connectivity index (χ1) is 9.49. The molecule has 1 N–H and O–H groups in total. The van der Waals surface area contributed by atoms with Crippen LogP contribution in [0.15, 0.2) is 42.5 Å². The van der Waals surface area contributed by atoms with Crippen molar-refractivity contribution in [3.05, 3.63) is 68.7 Å². The minimum Gasteiger partial charge on any atom is -0.304 e. The van der Waals surface area contributed by atoms with Crippen LogP contribution in [0.2, 0.25) is 15.1 Å². The van der Waals surface area contributed by atoms with E-state index in [0.29, 0.717) is 10.0 Å². The maximum atomic E-state index is 6.25. The minimum absolute atomic E-state index is 0.0928. The molecule has 0 aliphatic carbocycles. The summed E-state index contributed by atoms with van der Waals surface area (Å²) in [6.07, 6.45) is 0. The molecule has 0 bridgehead atoms. The molecule has 0 aliphatic rings. The third-order valence-corrected chi connectivity index (χ3v) is 4.37. The van der Waals surface area contributed by atoms with E-state index in [1.807, 2.05) is 30.3 Å². The fourth-order valence-electron chi connectivity index (χ4n) is 2.19. The number of hydrogen-bond acceptors (Lipinski definition) is 1. The zero-order valence-corrected chi connectivity index (χ0v) is 13.6. The van der Waals surface area contributed by atoms with Crippen LogP contribution in [0.1, 0.15) is 37.1 Å². The summed E-state index contributed by atoms with van der Waals surface area (Å²) in [6.45, 7) is 4.17. The summed E-state index contributed by atoms with van der Waals surface area (Å²) in [7, 11) is 0. The predicted molar refractivity (Wildman–Crippen MR) is 87.9 cm³/mol. The lowest BCUT2D eigenvalue weighted by atomic mass is 10.0. The summed E-state index contributed by atoms with van der Waals surface area (Å²) in [5, 5.41) is 5.43. The second-order valence-electron chi connectivity index (χ2n) is 4.81. The summed E-state index contributed by atoms with van der Waals surface area (Å²) >= 11 is 18.3. The van der Waals surface area contributed by atoms with Crippen LogP contribution in [0, 0.1) is 0 Å². The molecule has 0 spiro atoms. The Balaban J connectivity index is 2.15. The molecule has 0 radical (unpaired) electrons. The molecule has 0 saturated heterocycles. The Morgan fingerprint density at radius 2 is 1.60 bits per heavy atom. The Kier molecular flexibility index (Phi) is 5.34. The van der Waals surface area contributed by atoms with Gasteiger partial charge in [-0.15, -0.1) is 0 Å². The normalized spacial score (nSPS) is 14.1. The third kappa shape index (κ3) is 3.67. The minimum atomic E-state index is 0.0928. The van der Waals surface area contributed by atoms with E-state index in [1.165, 1.54) is 0 Å². The molecular weight excluding hydrogens is 313 g/mol. The van der Waals surface area contributed by atoms with Gasteiger partial charge in [0.05, 0.1) is 10.0 Å². The van der Waals surface area contributed by atoms with Crippen LogP contribution in [-0.2, 0) is 0 Å².